The lowest BCUT2D eigenvalue weighted by Crippen LogP contribution is -2.31. The molecule has 0 aliphatic rings. The standard InChI is InChI=1S/C15H21FN4/c1-11-8-12(4-5-13(11)16)14(9-17)20(3)10-15-18-6-7-19(15)2/h4-8,14H,9-10,17H2,1-3H3. The summed E-state index contributed by atoms with van der Waals surface area (Å²) in [6, 6.07) is 5.21. The Bertz CT molecular complexity index is 579. The van der Waals surface area contributed by atoms with Crippen LogP contribution in [0.5, 0.6) is 0 Å². The minimum atomic E-state index is -0.184. The molecule has 2 aromatic rings. The van der Waals surface area contributed by atoms with Gasteiger partial charge in [0.25, 0.3) is 0 Å². The molecular formula is C15H21FN4. The van der Waals surface area contributed by atoms with Crippen molar-refractivity contribution in [2.24, 2.45) is 12.8 Å². The maximum atomic E-state index is 13.4. The van der Waals surface area contributed by atoms with Crippen LogP contribution in [0.15, 0.2) is 30.6 Å². The van der Waals surface area contributed by atoms with E-state index in [1.54, 1.807) is 19.2 Å². The molecule has 2 N–H and O–H groups in total. The van der Waals surface area contributed by atoms with Crippen molar-refractivity contribution < 1.29 is 4.39 Å². The van der Waals surface area contributed by atoms with Crippen molar-refractivity contribution in [1.82, 2.24) is 14.5 Å². The van der Waals surface area contributed by atoms with Crippen molar-refractivity contribution in [2.75, 3.05) is 13.6 Å². The summed E-state index contributed by atoms with van der Waals surface area (Å²) in [6.07, 6.45) is 3.70. The Morgan fingerprint density at radius 3 is 2.75 bits per heavy atom. The lowest BCUT2D eigenvalue weighted by atomic mass is 10.0. The topological polar surface area (TPSA) is 47.1 Å². The second-order valence-electron chi connectivity index (χ2n) is 5.13. The molecule has 0 bridgehead atoms. The molecule has 0 aliphatic heterocycles. The van der Waals surface area contributed by atoms with E-state index in [2.05, 4.69) is 9.88 Å². The van der Waals surface area contributed by atoms with E-state index in [9.17, 15) is 4.39 Å². The number of rotatable bonds is 5. The van der Waals surface area contributed by atoms with Crippen molar-refractivity contribution in [2.45, 2.75) is 19.5 Å². The zero-order valence-electron chi connectivity index (χ0n) is 12.2. The van der Waals surface area contributed by atoms with Gasteiger partial charge in [-0.25, -0.2) is 9.37 Å². The summed E-state index contributed by atoms with van der Waals surface area (Å²) in [7, 11) is 3.97. The fourth-order valence-electron chi connectivity index (χ4n) is 2.33. The highest BCUT2D eigenvalue weighted by molar-refractivity contribution is 5.26. The van der Waals surface area contributed by atoms with Crippen LogP contribution in [0.2, 0.25) is 0 Å². The first-order valence-corrected chi connectivity index (χ1v) is 6.65. The molecule has 1 aromatic heterocycles. The quantitative estimate of drug-likeness (QED) is 0.908. The van der Waals surface area contributed by atoms with E-state index < -0.39 is 0 Å². The van der Waals surface area contributed by atoms with E-state index in [4.69, 9.17) is 5.73 Å². The highest BCUT2D eigenvalue weighted by atomic mass is 19.1. The monoisotopic (exact) mass is 276 g/mol. The van der Waals surface area contributed by atoms with Crippen molar-refractivity contribution in [3.63, 3.8) is 0 Å². The molecule has 1 atom stereocenters. The average molecular weight is 276 g/mol. The number of nitrogens with two attached hydrogens (primary N) is 1. The molecule has 0 saturated carbocycles. The lowest BCUT2D eigenvalue weighted by Gasteiger charge is -2.27. The van der Waals surface area contributed by atoms with Crippen molar-refractivity contribution in [3.05, 3.63) is 53.4 Å². The molecule has 0 saturated heterocycles. The third-order valence-electron chi connectivity index (χ3n) is 3.63. The predicted octanol–water partition coefficient (Wildman–Crippen LogP) is 2.00. The summed E-state index contributed by atoms with van der Waals surface area (Å²) in [5.74, 6) is 0.793. The Hall–Kier alpha value is -1.72. The number of aryl methyl sites for hydroxylation is 2. The van der Waals surface area contributed by atoms with Crippen LogP contribution in [0.4, 0.5) is 4.39 Å². The van der Waals surface area contributed by atoms with Gasteiger partial charge in [-0.3, -0.25) is 4.90 Å². The van der Waals surface area contributed by atoms with Crippen LogP contribution in [-0.2, 0) is 13.6 Å². The minimum Gasteiger partial charge on any atom is -0.337 e. The summed E-state index contributed by atoms with van der Waals surface area (Å²) >= 11 is 0. The summed E-state index contributed by atoms with van der Waals surface area (Å²) in [6.45, 7) is 2.94. The Morgan fingerprint density at radius 2 is 2.20 bits per heavy atom. The van der Waals surface area contributed by atoms with Gasteiger partial charge in [0, 0.05) is 32.0 Å². The molecule has 1 unspecified atom stereocenters. The Labute approximate surface area is 119 Å². The van der Waals surface area contributed by atoms with E-state index in [1.807, 2.05) is 30.9 Å². The van der Waals surface area contributed by atoms with Gasteiger partial charge in [-0.05, 0) is 31.2 Å². The van der Waals surface area contributed by atoms with Crippen LogP contribution < -0.4 is 5.73 Å². The molecule has 4 nitrogen and oxygen atoms in total. The van der Waals surface area contributed by atoms with E-state index >= 15 is 0 Å². The highest BCUT2D eigenvalue weighted by Gasteiger charge is 2.17. The number of hydrogen-bond donors (Lipinski definition) is 1. The van der Waals surface area contributed by atoms with Crippen LogP contribution in [0.25, 0.3) is 0 Å². The third-order valence-corrected chi connectivity index (χ3v) is 3.63. The van der Waals surface area contributed by atoms with Gasteiger partial charge in [0.15, 0.2) is 0 Å². The van der Waals surface area contributed by atoms with E-state index in [1.165, 1.54) is 6.07 Å². The molecular weight excluding hydrogens is 255 g/mol. The Balaban J connectivity index is 2.18. The van der Waals surface area contributed by atoms with Gasteiger partial charge in [-0.15, -0.1) is 0 Å². The first-order valence-electron chi connectivity index (χ1n) is 6.65. The molecule has 0 amide bonds. The molecule has 5 heteroatoms. The Kier molecular flexibility index (Phi) is 4.52. The normalized spacial score (nSPS) is 12.9. The first kappa shape index (κ1) is 14.7. The number of nitrogens with zero attached hydrogens (tertiary/aromatic N) is 3. The van der Waals surface area contributed by atoms with Crippen molar-refractivity contribution >= 4 is 0 Å². The summed E-state index contributed by atoms with van der Waals surface area (Å²) in [4.78, 5) is 6.45. The van der Waals surface area contributed by atoms with E-state index in [-0.39, 0.29) is 11.9 Å². The van der Waals surface area contributed by atoms with Gasteiger partial charge in [-0.2, -0.15) is 0 Å². The van der Waals surface area contributed by atoms with Crippen LogP contribution in [0, 0.1) is 12.7 Å². The number of imidazole rings is 1. The van der Waals surface area contributed by atoms with Gasteiger partial charge in [0.1, 0.15) is 11.6 Å². The van der Waals surface area contributed by atoms with Crippen LogP contribution in [-0.4, -0.2) is 28.0 Å². The van der Waals surface area contributed by atoms with Crippen LogP contribution in [0.1, 0.15) is 23.0 Å². The van der Waals surface area contributed by atoms with Crippen LogP contribution >= 0.6 is 0 Å². The van der Waals surface area contributed by atoms with Gasteiger partial charge in [0.05, 0.1) is 6.54 Å². The summed E-state index contributed by atoms with van der Waals surface area (Å²) in [5, 5.41) is 0. The molecule has 2 rings (SSSR count). The summed E-state index contributed by atoms with van der Waals surface area (Å²) < 4.78 is 15.4. The highest BCUT2D eigenvalue weighted by Crippen LogP contribution is 2.22. The number of hydrogen-bond acceptors (Lipinski definition) is 3. The fraction of sp³-hybridized carbons (Fsp3) is 0.400. The second kappa shape index (κ2) is 6.15. The molecule has 1 heterocycles. The van der Waals surface area contributed by atoms with Crippen molar-refractivity contribution in [1.29, 1.82) is 0 Å². The number of benzene rings is 1. The second-order valence-corrected chi connectivity index (χ2v) is 5.13. The van der Waals surface area contributed by atoms with Crippen molar-refractivity contribution in [3.8, 4) is 0 Å². The van der Waals surface area contributed by atoms with Gasteiger partial charge in [-0.1, -0.05) is 12.1 Å². The largest absolute Gasteiger partial charge is 0.337 e. The van der Waals surface area contributed by atoms with Gasteiger partial charge >= 0.3 is 0 Å². The molecule has 0 fully saturated rings. The molecule has 108 valence electrons. The van der Waals surface area contributed by atoms with E-state index in [0.717, 1.165) is 11.4 Å². The SMILES string of the molecule is Cc1cc(C(CN)N(C)Cc2nccn2C)ccc1F. The number of likely N-dealkylation sites (N-methyl/N-ethyl adjacent to an activating group) is 1. The molecule has 0 spiro atoms. The average Bonchev–Trinajstić information content (AvgIpc) is 2.80. The zero-order chi connectivity index (χ0) is 14.7. The molecule has 0 radical (unpaired) electrons. The maximum Gasteiger partial charge on any atom is 0.126 e. The molecule has 20 heavy (non-hydrogen) atoms. The van der Waals surface area contributed by atoms with E-state index in [0.29, 0.717) is 18.7 Å². The Morgan fingerprint density at radius 1 is 1.45 bits per heavy atom. The van der Waals surface area contributed by atoms with Gasteiger partial charge in [0.2, 0.25) is 0 Å². The fourth-order valence-corrected chi connectivity index (χ4v) is 2.33. The summed E-state index contributed by atoms with van der Waals surface area (Å²) in [5.41, 5.74) is 7.57. The minimum absolute atomic E-state index is 0.0472. The maximum absolute atomic E-state index is 13.4. The molecule has 1 aromatic carbocycles. The number of aromatic nitrogens is 2. The zero-order valence-corrected chi connectivity index (χ0v) is 12.2. The van der Waals surface area contributed by atoms with Crippen LogP contribution in [0.3, 0.4) is 0 Å². The number of halogens is 1. The molecule has 0 aliphatic carbocycles. The first-order chi connectivity index (χ1) is 9.52. The predicted molar refractivity (Wildman–Crippen MR) is 77.6 cm³/mol. The third kappa shape index (κ3) is 3.05. The lowest BCUT2D eigenvalue weighted by molar-refractivity contribution is 0.233. The smallest absolute Gasteiger partial charge is 0.126 e. The van der Waals surface area contributed by atoms with Gasteiger partial charge < -0.3 is 10.3 Å².